The molecular formula is C23H17Br2N3O2S2. The zero-order valence-electron chi connectivity index (χ0n) is 16.6. The second-order valence-corrected chi connectivity index (χ2v) is 10.6. The van der Waals surface area contributed by atoms with Gasteiger partial charge in [0.1, 0.15) is 12.4 Å². The number of thiazole rings is 1. The van der Waals surface area contributed by atoms with Crippen LogP contribution in [0.25, 0.3) is 10.2 Å². The fourth-order valence-electron chi connectivity index (χ4n) is 2.70. The summed E-state index contributed by atoms with van der Waals surface area (Å²) < 4.78 is 9.83. The lowest BCUT2D eigenvalue weighted by Crippen LogP contribution is -2.19. The summed E-state index contributed by atoms with van der Waals surface area (Å²) in [6.07, 6.45) is 1.61. The first-order chi connectivity index (χ1) is 15.6. The van der Waals surface area contributed by atoms with E-state index in [0.29, 0.717) is 6.61 Å². The Morgan fingerprint density at radius 1 is 1.12 bits per heavy atom. The standard InChI is InChI=1S/C23H17Br2N3O2S2/c24-17-8-7-16(19(25)11-17)13-30-18-9-5-15(6-10-18)12-26-28-22(29)14-31-23-27-20-3-1-2-4-21(20)32-23/h1-12H,13-14H2,(H,28,29)/b26-12+. The van der Waals surface area contributed by atoms with Gasteiger partial charge in [-0.1, -0.05) is 61.8 Å². The summed E-state index contributed by atoms with van der Waals surface area (Å²) in [6.45, 7) is 0.462. The highest BCUT2D eigenvalue weighted by molar-refractivity contribution is 9.11. The molecule has 1 heterocycles. The van der Waals surface area contributed by atoms with Gasteiger partial charge in [-0.25, -0.2) is 10.4 Å². The predicted molar refractivity (Wildman–Crippen MR) is 139 cm³/mol. The summed E-state index contributed by atoms with van der Waals surface area (Å²) in [4.78, 5) is 16.6. The Kier molecular flexibility index (Phi) is 7.96. The first-order valence-electron chi connectivity index (χ1n) is 9.54. The highest BCUT2D eigenvalue weighted by Gasteiger charge is 2.07. The molecule has 1 amide bonds. The van der Waals surface area contributed by atoms with Gasteiger partial charge < -0.3 is 4.74 Å². The van der Waals surface area contributed by atoms with Crippen molar-refractivity contribution < 1.29 is 9.53 Å². The normalized spacial score (nSPS) is 11.2. The van der Waals surface area contributed by atoms with E-state index in [9.17, 15) is 4.79 Å². The maximum absolute atomic E-state index is 12.0. The largest absolute Gasteiger partial charge is 0.489 e. The molecule has 4 aromatic rings. The quantitative estimate of drug-likeness (QED) is 0.142. The van der Waals surface area contributed by atoms with Crippen LogP contribution in [0.5, 0.6) is 5.75 Å². The van der Waals surface area contributed by atoms with Crippen molar-refractivity contribution in [3.63, 3.8) is 0 Å². The Balaban J connectivity index is 1.23. The van der Waals surface area contributed by atoms with Gasteiger partial charge in [0.05, 0.1) is 22.2 Å². The second kappa shape index (κ2) is 11.1. The summed E-state index contributed by atoms with van der Waals surface area (Å²) in [5.74, 6) is 0.842. The van der Waals surface area contributed by atoms with Crippen molar-refractivity contribution in [3.05, 3.63) is 86.8 Å². The molecule has 162 valence electrons. The average Bonchev–Trinajstić information content (AvgIpc) is 3.21. The van der Waals surface area contributed by atoms with Crippen LogP contribution in [0, 0.1) is 0 Å². The zero-order valence-corrected chi connectivity index (χ0v) is 21.4. The fraction of sp³-hybridized carbons (Fsp3) is 0.0870. The van der Waals surface area contributed by atoms with Crippen molar-refractivity contribution in [2.45, 2.75) is 10.9 Å². The summed E-state index contributed by atoms with van der Waals surface area (Å²) in [7, 11) is 0. The van der Waals surface area contributed by atoms with Crippen LogP contribution in [0.15, 0.2) is 85.1 Å². The molecule has 1 aromatic heterocycles. The molecule has 0 saturated carbocycles. The topological polar surface area (TPSA) is 63.6 Å². The number of nitrogens with one attached hydrogen (secondary N) is 1. The number of hydrogen-bond acceptors (Lipinski definition) is 6. The van der Waals surface area contributed by atoms with E-state index < -0.39 is 0 Å². The number of thioether (sulfide) groups is 1. The third-order valence-corrected chi connectivity index (χ3v) is 7.70. The number of fused-ring (bicyclic) bond motifs is 1. The molecule has 4 rings (SSSR count). The van der Waals surface area contributed by atoms with Crippen LogP contribution >= 0.6 is 55.0 Å². The van der Waals surface area contributed by atoms with Crippen LogP contribution in [0.3, 0.4) is 0 Å². The highest BCUT2D eigenvalue weighted by atomic mass is 79.9. The molecule has 1 N–H and O–H groups in total. The van der Waals surface area contributed by atoms with E-state index in [-0.39, 0.29) is 11.7 Å². The molecule has 0 aliphatic carbocycles. The van der Waals surface area contributed by atoms with Crippen molar-refractivity contribution in [3.8, 4) is 5.75 Å². The van der Waals surface area contributed by atoms with Crippen molar-refractivity contribution >= 4 is 77.3 Å². The number of carbonyl (C=O) groups excluding carboxylic acids is 1. The summed E-state index contributed by atoms with van der Waals surface area (Å²) >= 11 is 9.97. The predicted octanol–water partition coefficient (Wildman–Crippen LogP) is 6.64. The molecule has 0 aliphatic rings. The number of nitrogens with zero attached hydrogens (tertiary/aromatic N) is 2. The second-order valence-electron chi connectivity index (χ2n) is 6.62. The lowest BCUT2D eigenvalue weighted by Gasteiger charge is -2.08. The minimum absolute atomic E-state index is 0.175. The van der Waals surface area contributed by atoms with Crippen LogP contribution in [0.2, 0.25) is 0 Å². The van der Waals surface area contributed by atoms with Gasteiger partial charge in [-0.3, -0.25) is 4.79 Å². The SMILES string of the molecule is O=C(CSc1nc2ccccc2s1)N/N=C/c1ccc(OCc2ccc(Br)cc2Br)cc1. The monoisotopic (exact) mass is 589 g/mol. The number of hydrazone groups is 1. The molecule has 0 radical (unpaired) electrons. The molecule has 3 aromatic carbocycles. The lowest BCUT2D eigenvalue weighted by atomic mass is 10.2. The third-order valence-electron chi connectivity index (χ3n) is 4.29. The molecule has 0 aliphatic heterocycles. The number of benzene rings is 3. The van der Waals surface area contributed by atoms with Crippen LogP contribution in [-0.4, -0.2) is 22.9 Å². The minimum atomic E-state index is -0.175. The molecule has 0 unspecified atom stereocenters. The number of carbonyl (C=O) groups is 1. The Bertz CT molecular complexity index is 1230. The van der Waals surface area contributed by atoms with Crippen molar-refractivity contribution in [1.82, 2.24) is 10.4 Å². The maximum Gasteiger partial charge on any atom is 0.250 e. The van der Waals surface area contributed by atoms with Gasteiger partial charge in [0, 0.05) is 14.5 Å². The fourth-order valence-corrected chi connectivity index (χ4v) is 5.72. The van der Waals surface area contributed by atoms with E-state index in [1.165, 1.54) is 11.8 Å². The van der Waals surface area contributed by atoms with E-state index in [0.717, 1.165) is 40.4 Å². The van der Waals surface area contributed by atoms with Crippen LogP contribution in [0.4, 0.5) is 0 Å². The smallest absolute Gasteiger partial charge is 0.250 e. The van der Waals surface area contributed by atoms with Crippen LogP contribution in [-0.2, 0) is 11.4 Å². The Morgan fingerprint density at radius 2 is 1.94 bits per heavy atom. The van der Waals surface area contributed by atoms with Gasteiger partial charge in [0.2, 0.25) is 0 Å². The number of amides is 1. The molecular weight excluding hydrogens is 574 g/mol. The zero-order chi connectivity index (χ0) is 22.3. The molecule has 0 saturated heterocycles. The third kappa shape index (κ3) is 6.41. The Hall–Kier alpha value is -2.20. The first-order valence-corrected chi connectivity index (χ1v) is 12.9. The van der Waals surface area contributed by atoms with Gasteiger partial charge in [-0.2, -0.15) is 5.10 Å². The number of para-hydroxylation sites is 1. The maximum atomic E-state index is 12.0. The average molecular weight is 591 g/mol. The van der Waals surface area contributed by atoms with Gasteiger partial charge in [0.25, 0.3) is 5.91 Å². The van der Waals surface area contributed by atoms with E-state index in [4.69, 9.17) is 4.74 Å². The number of aromatic nitrogens is 1. The van der Waals surface area contributed by atoms with E-state index >= 15 is 0 Å². The molecule has 32 heavy (non-hydrogen) atoms. The van der Waals surface area contributed by atoms with Gasteiger partial charge in [-0.15, -0.1) is 11.3 Å². The summed E-state index contributed by atoms with van der Waals surface area (Å²) in [5.41, 5.74) is 5.43. The Morgan fingerprint density at radius 3 is 2.72 bits per heavy atom. The number of rotatable bonds is 8. The van der Waals surface area contributed by atoms with Crippen molar-refractivity contribution in [2.24, 2.45) is 5.10 Å². The highest BCUT2D eigenvalue weighted by Crippen LogP contribution is 2.29. The molecule has 0 atom stereocenters. The molecule has 0 spiro atoms. The summed E-state index contributed by atoms with van der Waals surface area (Å²) in [6, 6.07) is 21.4. The molecule has 0 fully saturated rings. The minimum Gasteiger partial charge on any atom is -0.489 e. The molecule has 0 bridgehead atoms. The first kappa shape index (κ1) is 23.0. The van der Waals surface area contributed by atoms with Crippen LogP contribution in [0.1, 0.15) is 11.1 Å². The summed E-state index contributed by atoms with van der Waals surface area (Å²) in [5, 5.41) is 4.03. The van der Waals surface area contributed by atoms with E-state index in [1.807, 2.05) is 66.7 Å². The van der Waals surface area contributed by atoms with E-state index in [2.05, 4.69) is 47.4 Å². The van der Waals surface area contributed by atoms with Gasteiger partial charge >= 0.3 is 0 Å². The van der Waals surface area contributed by atoms with Crippen LogP contribution < -0.4 is 10.2 Å². The van der Waals surface area contributed by atoms with Gasteiger partial charge in [-0.05, 0) is 54.1 Å². The number of halogens is 2. The Labute approximate surface area is 210 Å². The number of ether oxygens (including phenoxy) is 1. The van der Waals surface area contributed by atoms with Crippen molar-refractivity contribution in [2.75, 3.05) is 5.75 Å². The lowest BCUT2D eigenvalue weighted by molar-refractivity contribution is -0.118. The van der Waals surface area contributed by atoms with Gasteiger partial charge in [0.15, 0.2) is 4.34 Å². The molecule has 9 heteroatoms. The van der Waals surface area contributed by atoms with E-state index in [1.54, 1.807) is 17.6 Å². The van der Waals surface area contributed by atoms with Crippen molar-refractivity contribution in [1.29, 1.82) is 0 Å². The number of hydrogen-bond donors (Lipinski definition) is 1. The molecule has 5 nitrogen and oxygen atoms in total.